The predicted molar refractivity (Wildman–Crippen MR) is 50.6 cm³/mol. The summed E-state index contributed by atoms with van der Waals surface area (Å²) in [5.41, 5.74) is -0.429. The second-order valence-corrected chi connectivity index (χ2v) is 5.10. The van der Waals surface area contributed by atoms with Crippen LogP contribution in [-0.2, 0) is 14.3 Å². The number of esters is 1. The number of hydrogen-bond acceptors (Lipinski definition) is 3. The van der Waals surface area contributed by atoms with Crippen LogP contribution in [0.3, 0.4) is 0 Å². The second kappa shape index (κ2) is 2.59. The van der Waals surface area contributed by atoms with Gasteiger partial charge >= 0.3 is 5.97 Å². The van der Waals surface area contributed by atoms with Gasteiger partial charge in [0.15, 0.2) is 0 Å². The molecule has 3 nitrogen and oxygen atoms in total. The molecule has 3 heteroatoms. The van der Waals surface area contributed by atoms with Crippen LogP contribution in [0.5, 0.6) is 0 Å². The van der Waals surface area contributed by atoms with Crippen molar-refractivity contribution in [1.29, 1.82) is 0 Å². The summed E-state index contributed by atoms with van der Waals surface area (Å²) in [5, 5.41) is 0. The Bertz CT molecular complexity index is 284. The minimum absolute atomic E-state index is 0.0888. The van der Waals surface area contributed by atoms with Crippen LogP contribution < -0.4 is 0 Å². The van der Waals surface area contributed by atoms with Crippen molar-refractivity contribution in [2.45, 2.75) is 33.1 Å². The SMILES string of the molecule is COC(=O)C12CC(C(=O)C(C)C)(C1)C2. The van der Waals surface area contributed by atoms with E-state index in [9.17, 15) is 9.59 Å². The summed E-state index contributed by atoms with van der Waals surface area (Å²) < 4.78 is 4.73. The Morgan fingerprint density at radius 1 is 1.14 bits per heavy atom. The van der Waals surface area contributed by atoms with Crippen molar-refractivity contribution < 1.29 is 14.3 Å². The normalized spacial score (nSPS) is 38.6. The van der Waals surface area contributed by atoms with Crippen LogP contribution in [0.1, 0.15) is 33.1 Å². The van der Waals surface area contributed by atoms with Crippen molar-refractivity contribution in [1.82, 2.24) is 0 Å². The van der Waals surface area contributed by atoms with Gasteiger partial charge in [-0.3, -0.25) is 9.59 Å². The van der Waals surface area contributed by atoms with Crippen LogP contribution in [-0.4, -0.2) is 18.9 Å². The van der Waals surface area contributed by atoms with Crippen molar-refractivity contribution in [3.05, 3.63) is 0 Å². The van der Waals surface area contributed by atoms with Crippen molar-refractivity contribution in [2.24, 2.45) is 16.7 Å². The molecule has 0 radical (unpaired) electrons. The molecule has 0 aromatic rings. The van der Waals surface area contributed by atoms with Gasteiger partial charge in [-0.1, -0.05) is 13.8 Å². The van der Waals surface area contributed by atoms with E-state index in [-0.39, 0.29) is 22.7 Å². The summed E-state index contributed by atoms with van der Waals surface area (Å²) in [6.07, 6.45) is 2.18. The van der Waals surface area contributed by atoms with E-state index in [1.54, 1.807) is 0 Å². The highest BCUT2D eigenvalue weighted by Gasteiger charge is 2.75. The van der Waals surface area contributed by atoms with Gasteiger partial charge < -0.3 is 4.74 Å². The fourth-order valence-corrected chi connectivity index (χ4v) is 3.09. The van der Waals surface area contributed by atoms with E-state index in [2.05, 4.69) is 0 Å². The van der Waals surface area contributed by atoms with Crippen molar-refractivity contribution >= 4 is 11.8 Å². The maximum Gasteiger partial charge on any atom is 0.311 e. The van der Waals surface area contributed by atoms with E-state index in [1.807, 2.05) is 13.8 Å². The topological polar surface area (TPSA) is 43.4 Å². The molecule has 0 unspecified atom stereocenters. The van der Waals surface area contributed by atoms with Crippen molar-refractivity contribution in [2.75, 3.05) is 7.11 Å². The average Bonchev–Trinajstić information content (AvgIpc) is 1.98. The third kappa shape index (κ3) is 0.928. The number of rotatable bonds is 3. The number of carbonyl (C=O) groups excluding carboxylic acids is 2. The lowest BCUT2D eigenvalue weighted by atomic mass is 9.33. The first-order valence-electron chi connectivity index (χ1n) is 5.09. The molecule has 0 saturated heterocycles. The minimum atomic E-state index is -0.278. The van der Waals surface area contributed by atoms with Gasteiger partial charge in [-0.05, 0) is 19.3 Å². The standard InChI is InChI=1S/C11H16O3/c1-7(2)8(12)10-4-11(5-10,6-10)9(13)14-3/h7H,4-6H2,1-3H3. The van der Waals surface area contributed by atoms with Crippen LogP contribution in [0.25, 0.3) is 0 Å². The molecule has 0 spiro atoms. The maximum absolute atomic E-state index is 11.8. The van der Waals surface area contributed by atoms with Gasteiger partial charge in [-0.15, -0.1) is 0 Å². The van der Waals surface area contributed by atoms with Crippen molar-refractivity contribution in [3.63, 3.8) is 0 Å². The molecule has 2 bridgehead atoms. The molecular weight excluding hydrogens is 180 g/mol. The van der Waals surface area contributed by atoms with E-state index in [1.165, 1.54) is 7.11 Å². The lowest BCUT2D eigenvalue weighted by molar-refractivity contribution is -0.223. The van der Waals surface area contributed by atoms with Crippen LogP contribution in [0.4, 0.5) is 0 Å². The fraction of sp³-hybridized carbons (Fsp3) is 0.818. The highest BCUT2D eigenvalue weighted by molar-refractivity contribution is 5.95. The number of carbonyl (C=O) groups is 2. The Kier molecular flexibility index (Phi) is 1.79. The van der Waals surface area contributed by atoms with Crippen LogP contribution in [0, 0.1) is 16.7 Å². The van der Waals surface area contributed by atoms with Crippen LogP contribution in [0.15, 0.2) is 0 Å². The summed E-state index contributed by atoms with van der Waals surface area (Å²) in [5.74, 6) is 0.283. The maximum atomic E-state index is 11.8. The Balaban J connectivity index is 2.01. The van der Waals surface area contributed by atoms with Gasteiger partial charge in [0.1, 0.15) is 5.78 Å². The Morgan fingerprint density at radius 3 is 2.00 bits per heavy atom. The first-order chi connectivity index (χ1) is 6.46. The summed E-state index contributed by atoms with van der Waals surface area (Å²) >= 11 is 0. The lowest BCUT2D eigenvalue weighted by Crippen LogP contribution is -2.69. The zero-order valence-electron chi connectivity index (χ0n) is 8.92. The van der Waals surface area contributed by atoms with Gasteiger partial charge in [-0.25, -0.2) is 0 Å². The molecule has 0 aromatic carbocycles. The summed E-state index contributed by atoms with van der Waals surface area (Å²) in [6, 6.07) is 0. The highest BCUT2D eigenvalue weighted by atomic mass is 16.5. The lowest BCUT2D eigenvalue weighted by Gasteiger charge is -2.67. The second-order valence-electron chi connectivity index (χ2n) is 5.10. The molecule has 0 atom stereocenters. The number of ketones is 1. The smallest absolute Gasteiger partial charge is 0.311 e. The van der Waals surface area contributed by atoms with E-state index < -0.39 is 0 Å². The van der Waals surface area contributed by atoms with E-state index in [0.29, 0.717) is 5.78 Å². The Hall–Kier alpha value is -0.860. The van der Waals surface area contributed by atoms with Gasteiger partial charge in [0.25, 0.3) is 0 Å². The summed E-state index contributed by atoms with van der Waals surface area (Å²) in [6.45, 7) is 3.85. The first kappa shape index (κ1) is 9.69. The van der Waals surface area contributed by atoms with Crippen molar-refractivity contribution in [3.8, 4) is 0 Å². The summed E-state index contributed by atoms with van der Waals surface area (Å²) in [4.78, 5) is 23.1. The quantitative estimate of drug-likeness (QED) is 0.643. The van der Waals surface area contributed by atoms with E-state index in [0.717, 1.165) is 19.3 Å². The van der Waals surface area contributed by atoms with E-state index in [4.69, 9.17) is 4.74 Å². The Morgan fingerprint density at radius 2 is 1.64 bits per heavy atom. The molecule has 0 amide bonds. The fourth-order valence-electron chi connectivity index (χ4n) is 3.09. The zero-order chi connectivity index (χ0) is 10.6. The monoisotopic (exact) mass is 196 g/mol. The third-order valence-electron chi connectivity index (χ3n) is 3.70. The third-order valence-corrected chi connectivity index (χ3v) is 3.70. The van der Waals surface area contributed by atoms with Gasteiger partial charge in [0.2, 0.25) is 0 Å². The molecule has 0 heterocycles. The molecule has 3 fully saturated rings. The molecule has 3 aliphatic carbocycles. The zero-order valence-corrected chi connectivity index (χ0v) is 8.92. The molecule has 0 aromatic heterocycles. The number of hydrogen-bond donors (Lipinski definition) is 0. The predicted octanol–water partition coefficient (Wildman–Crippen LogP) is 1.55. The molecule has 0 N–H and O–H groups in total. The van der Waals surface area contributed by atoms with Gasteiger partial charge in [0.05, 0.1) is 12.5 Å². The molecule has 78 valence electrons. The van der Waals surface area contributed by atoms with Gasteiger partial charge in [0, 0.05) is 11.3 Å². The van der Waals surface area contributed by atoms with Crippen LogP contribution in [0.2, 0.25) is 0 Å². The summed E-state index contributed by atoms with van der Waals surface area (Å²) in [7, 11) is 1.42. The first-order valence-corrected chi connectivity index (χ1v) is 5.09. The number of Topliss-reactive ketones (excluding diaryl/α,β-unsaturated/α-hetero) is 1. The van der Waals surface area contributed by atoms with E-state index >= 15 is 0 Å². The highest BCUT2D eigenvalue weighted by Crippen LogP contribution is 2.74. The molecule has 0 aliphatic heterocycles. The average molecular weight is 196 g/mol. The number of ether oxygens (including phenoxy) is 1. The van der Waals surface area contributed by atoms with Gasteiger partial charge in [-0.2, -0.15) is 0 Å². The Labute approximate surface area is 83.8 Å². The molecular formula is C11H16O3. The minimum Gasteiger partial charge on any atom is -0.469 e. The largest absolute Gasteiger partial charge is 0.469 e. The molecule has 3 saturated carbocycles. The molecule has 3 rings (SSSR count). The number of methoxy groups -OCH3 is 1. The molecule has 3 aliphatic rings. The molecule has 14 heavy (non-hydrogen) atoms. The van der Waals surface area contributed by atoms with Crippen LogP contribution >= 0.6 is 0 Å².